The highest BCUT2D eigenvalue weighted by Crippen LogP contribution is 2.32. The molecule has 1 aromatic heterocycles. The van der Waals surface area contributed by atoms with Crippen LogP contribution in [0.5, 0.6) is 0 Å². The van der Waals surface area contributed by atoms with Gasteiger partial charge in [0.15, 0.2) is 0 Å². The standard InChI is InChI=1S/C13H24N4/c1-5-17(9-11-6-7-11)13-12(8-14-3)10(2)15-16(13)4/h11,14H,5-9H2,1-4H3. The molecule has 0 spiro atoms. The summed E-state index contributed by atoms with van der Waals surface area (Å²) in [5.74, 6) is 2.21. The molecular formula is C13H24N4. The van der Waals surface area contributed by atoms with Gasteiger partial charge in [-0.05, 0) is 39.7 Å². The smallest absolute Gasteiger partial charge is 0.131 e. The molecule has 0 bridgehead atoms. The predicted octanol–water partition coefficient (Wildman–Crippen LogP) is 1.68. The lowest BCUT2D eigenvalue weighted by Crippen LogP contribution is -2.28. The normalized spacial score (nSPS) is 15.3. The van der Waals surface area contributed by atoms with E-state index >= 15 is 0 Å². The van der Waals surface area contributed by atoms with Gasteiger partial charge < -0.3 is 10.2 Å². The maximum Gasteiger partial charge on any atom is 0.131 e. The van der Waals surface area contributed by atoms with Crippen LogP contribution in [0.25, 0.3) is 0 Å². The second-order valence-corrected chi connectivity index (χ2v) is 5.02. The van der Waals surface area contributed by atoms with Crippen molar-refractivity contribution in [1.82, 2.24) is 15.1 Å². The Bertz CT molecular complexity index is 379. The summed E-state index contributed by atoms with van der Waals surface area (Å²) in [7, 11) is 4.05. The van der Waals surface area contributed by atoms with E-state index in [9.17, 15) is 0 Å². The highest BCUT2D eigenvalue weighted by atomic mass is 15.4. The highest BCUT2D eigenvalue weighted by molar-refractivity contribution is 5.50. The first-order valence-corrected chi connectivity index (χ1v) is 6.59. The lowest BCUT2D eigenvalue weighted by atomic mass is 10.2. The molecule has 0 amide bonds. The molecule has 1 aliphatic rings. The van der Waals surface area contributed by atoms with E-state index < -0.39 is 0 Å². The van der Waals surface area contributed by atoms with Crippen LogP contribution < -0.4 is 10.2 Å². The van der Waals surface area contributed by atoms with Gasteiger partial charge in [0.25, 0.3) is 0 Å². The van der Waals surface area contributed by atoms with Crippen molar-refractivity contribution in [2.75, 3.05) is 25.0 Å². The van der Waals surface area contributed by atoms with Gasteiger partial charge in [-0.25, -0.2) is 0 Å². The average molecular weight is 236 g/mol. The molecule has 0 atom stereocenters. The molecule has 2 rings (SSSR count). The van der Waals surface area contributed by atoms with E-state index in [4.69, 9.17) is 0 Å². The molecule has 1 fully saturated rings. The lowest BCUT2D eigenvalue weighted by molar-refractivity contribution is 0.673. The van der Waals surface area contributed by atoms with Gasteiger partial charge in [-0.2, -0.15) is 5.10 Å². The fraction of sp³-hybridized carbons (Fsp3) is 0.769. The topological polar surface area (TPSA) is 33.1 Å². The number of nitrogens with zero attached hydrogens (tertiary/aromatic N) is 3. The van der Waals surface area contributed by atoms with Crippen molar-refractivity contribution in [1.29, 1.82) is 0 Å². The molecule has 1 aliphatic carbocycles. The molecule has 4 nitrogen and oxygen atoms in total. The monoisotopic (exact) mass is 236 g/mol. The minimum Gasteiger partial charge on any atom is -0.357 e. The second-order valence-electron chi connectivity index (χ2n) is 5.02. The molecule has 96 valence electrons. The molecule has 1 aromatic rings. The first-order valence-electron chi connectivity index (χ1n) is 6.59. The molecule has 1 saturated carbocycles. The van der Waals surface area contributed by atoms with E-state index in [1.807, 2.05) is 11.7 Å². The maximum atomic E-state index is 4.56. The Kier molecular flexibility index (Phi) is 3.72. The van der Waals surface area contributed by atoms with E-state index in [-0.39, 0.29) is 0 Å². The zero-order chi connectivity index (χ0) is 12.4. The van der Waals surface area contributed by atoms with Gasteiger partial charge in [0, 0.05) is 32.2 Å². The van der Waals surface area contributed by atoms with Crippen molar-refractivity contribution < 1.29 is 0 Å². The van der Waals surface area contributed by atoms with Gasteiger partial charge in [0.2, 0.25) is 0 Å². The van der Waals surface area contributed by atoms with E-state index in [1.54, 1.807) is 0 Å². The average Bonchev–Trinajstić information content (AvgIpc) is 3.06. The molecule has 4 heteroatoms. The molecule has 0 saturated heterocycles. The maximum absolute atomic E-state index is 4.56. The zero-order valence-electron chi connectivity index (χ0n) is 11.5. The van der Waals surface area contributed by atoms with Crippen molar-refractivity contribution in [3.8, 4) is 0 Å². The van der Waals surface area contributed by atoms with E-state index in [1.165, 1.54) is 30.8 Å². The molecular weight excluding hydrogens is 212 g/mol. The quantitative estimate of drug-likeness (QED) is 0.816. The van der Waals surface area contributed by atoms with Crippen molar-refractivity contribution in [2.24, 2.45) is 13.0 Å². The minimum absolute atomic E-state index is 0.899. The number of aryl methyl sites for hydroxylation is 2. The summed E-state index contributed by atoms with van der Waals surface area (Å²) < 4.78 is 2.04. The van der Waals surface area contributed by atoms with Gasteiger partial charge in [-0.15, -0.1) is 0 Å². The number of rotatable bonds is 6. The Hall–Kier alpha value is -1.03. The Labute approximate surface area is 104 Å². The molecule has 0 aliphatic heterocycles. The fourth-order valence-electron chi connectivity index (χ4n) is 2.45. The molecule has 0 unspecified atom stereocenters. The molecule has 1 N–H and O–H groups in total. The first kappa shape index (κ1) is 12.4. The summed E-state index contributed by atoms with van der Waals surface area (Å²) >= 11 is 0. The van der Waals surface area contributed by atoms with Crippen molar-refractivity contribution in [3.05, 3.63) is 11.3 Å². The van der Waals surface area contributed by atoms with Gasteiger partial charge in [0.05, 0.1) is 5.69 Å². The second kappa shape index (κ2) is 5.08. The third-order valence-corrected chi connectivity index (χ3v) is 3.52. The third kappa shape index (κ3) is 2.63. The number of hydrogen-bond acceptors (Lipinski definition) is 3. The SMILES string of the molecule is CCN(CC1CC1)c1c(CNC)c(C)nn1C. The van der Waals surface area contributed by atoms with Crippen LogP contribution in [-0.2, 0) is 13.6 Å². The van der Waals surface area contributed by atoms with Crippen molar-refractivity contribution >= 4 is 5.82 Å². The zero-order valence-corrected chi connectivity index (χ0v) is 11.5. The number of aromatic nitrogens is 2. The van der Waals surface area contributed by atoms with Crippen molar-refractivity contribution in [3.63, 3.8) is 0 Å². The largest absolute Gasteiger partial charge is 0.357 e. The van der Waals surface area contributed by atoms with Crippen LogP contribution in [0.4, 0.5) is 5.82 Å². The van der Waals surface area contributed by atoms with Crippen LogP contribution in [0.15, 0.2) is 0 Å². The number of anilines is 1. The van der Waals surface area contributed by atoms with Crippen LogP contribution >= 0.6 is 0 Å². The number of hydrogen-bond donors (Lipinski definition) is 1. The van der Waals surface area contributed by atoms with E-state index in [0.29, 0.717) is 0 Å². The molecule has 0 aromatic carbocycles. The Morgan fingerprint density at radius 2 is 2.18 bits per heavy atom. The first-order chi connectivity index (χ1) is 8.17. The third-order valence-electron chi connectivity index (χ3n) is 3.52. The van der Waals surface area contributed by atoms with Crippen molar-refractivity contribution in [2.45, 2.75) is 33.2 Å². The van der Waals surface area contributed by atoms with Gasteiger partial charge in [0.1, 0.15) is 5.82 Å². The summed E-state index contributed by atoms with van der Waals surface area (Å²) in [4.78, 5) is 2.48. The number of nitrogens with one attached hydrogen (secondary N) is 1. The Morgan fingerprint density at radius 3 is 2.71 bits per heavy atom. The van der Waals surface area contributed by atoms with Gasteiger partial charge in [-0.1, -0.05) is 0 Å². The van der Waals surface area contributed by atoms with Crippen LogP contribution in [-0.4, -0.2) is 29.9 Å². The van der Waals surface area contributed by atoms with E-state index in [0.717, 1.165) is 24.7 Å². The summed E-state index contributed by atoms with van der Waals surface area (Å²) in [6.45, 7) is 7.48. The Balaban J connectivity index is 2.26. The molecule has 1 heterocycles. The lowest BCUT2D eigenvalue weighted by Gasteiger charge is -2.24. The summed E-state index contributed by atoms with van der Waals surface area (Å²) in [5.41, 5.74) is 2.49. The van der Waals surface area contributed by atoms with Crippen LogP contribution in [0.3, 0.4) is 0 Å². The van der Waals surface area contributed by atoms with Crippen LogP contribution in [0.1, 0.15) is 31.0 Å². The summed E-state index contributed by atoms with van der Waals surface area (Å²) in [6.07, 6.45) is 2.80. The van der Waals surface area contributed by atoms with Gasteiger partial charge in [-0.3, -0.25) is 4.68 Å². The fourth-order valence-corrected chi connectivity index (χ4v) is 2.45. The summed E-state index contributed by atoms with van der Waals surface area (Å²) in [5, 5.41) is 7.81. The van der Waals surface area contributed by atoms with Gasteiger partial charge >= 0.3 is 0 Å². The minimum atomic E-state index is 0.899. The predicted molar refractivity (Wildman–Crippen MR) is 71.3 cm³/mol. The van der Waals surface area contributed by atoms with Crippen LogP contribution in [0, 0.1) is 12.8 Å². The molecule has 0 radical (unpaired) electrons. The summed E-state index contributed by atoms with van der Waals surface area (Å²) in [6, 6.07) is 0. The molecule has 17 heavy (non-hydrogen) atoms. The highest BCUT2D eigenvalue weighted by Gasteiger charge is 2.26. The Morgan fingerprint density at radius 1 is 1.47 bits per heavy atom. The van der Waals surface area contributed by atoms with E-state index in [2.05, 4.69) is 36.2 Å². The van der Waals surface area contributed by atoms with Crippen LogP contribution in [0.2, 0.25) is 0 Å².